The molecule has 0 bridgehead atoms. The highest BCUT2D eigenvalue weighted by molar-refractivity contribution is 5.72. The van der Waals surface area contributed by atoms with E-state index in [0.717, 1.165) is 6.54 Å². The van der Waals surface area contributed by atoms with Crippen molar-refractivity contribution in [2.24, 2.45) is 5.73 Å². The normalized spacial score (nSPS) is 19.1. The summed E-state index contributed by atoms with van der Waals surface area (Å²) >= 11 is 0. The van der Waals surface area contributed by atoms with Gasteiger partial charge in [0.15, 0.2) is 0 Å². The maximum Gasteiger partial charge on any atom is 0.316 e. The molecule has 0 unspecified atom stereocenters. The van der Waals surface area contributed by atoms with E-state index in [1.807, 2.05) is 6.08 Å². The molecule has 2 amide bonds. The monoisotopic (exact) mass is 183 g/mol. The highest BCUT2D eigenvalue weighted by atomic mass is 16.2. The van der Waals surface area contributed by atoms with Gasteiger partial charge in [0.1, 0.15) is 0 Å². The number of nitrogens with two attached hydrogens (primary N) is 1. The summed E-state index contributed by atoms with van der Waals surface area (Å²) in [4.78, 5) is 12.7. The summed E-state index contributed by atoms with van der Waals surface area (Å²) in [5.74, 6) is 0. The maximum atomic E-state index is 10.3. The fraction of sp³-hybridized carbons (Fsp3) is 0.667. The number of carbonyl (C=O) groups is 1. The molecule has 13 heavy (non-hydrogen) atoms. The fourth-order valence-corrected chi connectivity index (χ4v) is 1.48. The van der Waals surface area contributed by atoms with E-state index in [-0.39, 0.29) is 0 Å². The summed E-state index contributed by atoms with van der Waals surface area (Å²) in [7, 11) is 0. The van der Waals surface area contributed by atoms with Crippen LogP contribution in [0.2, 0.25) is 0 Å². The minimum atomic E-state index is -0.505. The number of hydrogen-bond acceptors (Lipinski definition) is 2. The molecule has 0 atom stereocenters. The number of piperidine rings is 1. The molecular weight excluding hydrogens is 166 g/mol. The Morgan fingerprint density at radius 1 is 1.38 bits per heavy atom. The molecule has 1 rings (SSSR count). The van der Waals surface area contributed by atoms with E-state index in [4.69, 9.17) is 5.73 Å². The van der Waals surface area contributed by atoms with Crippen molar-refractivity contribution < 1.29 is 4.79 Å². The second kappa shape index (κ2) is 5.59. The second-order valence-corrected chi connectivity index (χ2v) is 3.27. The molecule has 74 valence electrons. The van der Waals surface area contributed by atoms with Gasteiger partial charge >= 0.3 is 6.03 Å². The molecule has 1 saturated heterocycles. The summed E-state index contributed by atoms with van der Waals surface area (Å²) in [5, 5.41) is 2.42. The van der Waals surface area contributed by atoms with Gasteiger partial charge in [0, 0.05) is 12.7 Å². The van der Waals surface area contributed by atoms with Crippen molar-refractivity contribution in [1.29, 1.82) is 0 Å². The van der Waals surface area contributed by atoms with Crippen molar-refractivity contribution in [1.82, 2.24) is 10.2 Å². The minimum absolute atomic E-state index is 0.505. The van der Waals surface area contributed by atoms with E-state index in [9.17, 15) is 4.79 Å². The van der Waals surface area contributed by atoms with Crippen LogP contribution in [0.15, 0.2) is 12.3 Å². The highest BCUT2D eigenvalue weighted by Crippen LogP contribution is 2.07. The quantitative estimate of drug-likeness (QED) is 0.675. The van der Waals surface area contributed by atoms with Crippen LogP contribution in [0.4, 0.5) is 4.79 Å². The lowest BCUT2D eigenvalue weighted by atomic mass is 10.1. The van der Waals surface area contributed by atoms with Crippen molar-refractivity contribution in [3.63, 3.8) is 0 Å². The summed E-state index contributed by atoms with van der Waals surface area (Å²) in [6.45, 7) is 3.24. The number of nitrogens with zero attached hydrogens (tertiary/aromatic N) is 1. The summed E-state index contributed by atoms with van der Waals surface area (Å²) < 4.78 is 0. The first kappa shape index (κ1) is 10.1. The zero-order chi connectivity index (χ0) is 9.52. The van der Waals surface area contributed by atoms with Gasteiger partial charge in [0.25, 0.3) is 0 Å². The number of carbonyl (C=O) groups excluding carboxylic acids is 1. The van der Waals surface area contributed by atoms with E-state index in [1.54, 1.807) is 6.20 Å². The van der Waals surface area contributed by atoms with E-state index in [0.29, 0.717) is 0 Å². The molecule has 1 heterocycles. The number of urea groups is 1. The maximum absolute atomic E-state index is 10.3. The Hall–Kier alpha value is -1.03. The molecule has 0 aromatic rings. The molecule has 0 aromatic heterocycles. The van der Waals surface area contributed by atoms with E-state index in [2.05, 4.69) is 10.2 Å². The van der Waals surface area contributed by atoms with Gasteiger partial charge in [-0.15, -0.1) is 0 Å². The number of primary amides is 1. The van der Waals surface area contributed by atoms with Gasteiger partial charge in [0.2, 0.25) is 0 Å². The minimum Gasteiger partial charge on any atom is -0.351 e. The molecule has 4 heteroatoms. The topological polar surface area (TPSA) is 58.4 Å². The van der Waals surface area contributed by atoms with E-state index in [1.165, 1.54) is 32.4 Å². The predicted octanol–water partition coefficient (Wildman–Crippen LogP) is 0.654. The Labute approximate surface area is 78.8 Å². The molecule has 1 aliphatic rings. The first-order valence-electron chi connectivity index (χ1n) is 4.72. The average Bonchev–Trinajstić information content (AvgIpc) is 2.14. The predicted molar refractivity (Wildman–Crippen MR) is 52.2 cm³/mol. The Morgan fingerprint density at radius 2 is 2.08 bits per heavy atom. The summed E-state index contributed by atoms with van der Waals surface area (Å²) in [5.41, 5.74) is 4.90. The first-order valence-corrected chi connectivity index (χ1v) is 4.72. The van der Waals surface area contributed by atoms with Gasteiger partial charge in [-0.1, -0.05) is 12.5 Å². The zero-order valence-corrected chi connectivity index (χ0v) is 7.83. The molecule has 0 spiro atoms. The summed E-state index contributed by atoms with van der Waals surface area (Å²) in [6.07, 6.45) is 7.46. The lowest BCUT2D eigenvalue weighted by Crippen LogP contribution is -2.30. The number of rotatable bonds is 3. The van der Waals surface area contributed by atoms with E-state index < -0.39 is 6.03 Å². The molecule has 0 aromatic carbocycles. The van der Waals surface area contributed by atoms with Crippen LogP contribution < -0.4 is 11.1 Å². The lowest BCUT2D eigenvalue weighted by molar-refractivity contribution is 0.249. The van der Waals surface area contributed by atoms with Gasteiger partial charge in [-0.3, -0.25) is 4.90 Å². The number of amides is 2. The highest BCUT2D eigenvalue weighted by Gasteiger charge is 2.06. The Bertz CT molecular complexity index is 185. The van der Waals surface area contributed by atoms with Gasteiger partial charge < -0.3 is 11.1 Å². The Kier molecular flexibility index (Phi) is 4.32. The second-order valence-electron chi connectivity index (χ2n) is 3.27. The van der Waals surface area contributed by atoms with Gasteiger partial charge in [-0.05, 0) is 25.9 Å². The van der Waals surface area contributed by atoms with Gasteiger partial charge in [-0.2, -0.15) is 0 Å². The van der Waals surface area contributed by atoms with Crippen LogP contribution in [-0.2, 0) is 0 Å². The SMILES string of the molecule is NC(=O)NC=CCN1CCCCC1. The molecule has 0 radical (unpaired) electrons. The zero-order valence-electron chi connectivity index (χ0n) is 7.83. The molecule has 3 N–H and O–H groups in total. The van der Waals surface area contributed by atoms with Crippen LogP contribution in [0.1, 0.15) is 19.3 Å². The van der Waals surface area contributed by atoms with Crippen LogP contribution in [0.25, 0.3) is 0 Å². The van der Waals surface area contributed by atoms with Crippen LogP contribution in [0.3, 0.4) is 0 Å². The third-order valence-corrected chi connectivity index (χ3v) is 2.16. The van der Waals surface area contributed by atoms with Crippen LogP contribution >= 0.6 is 0 Å². The van der Waals surface area contributed by atoms with Crippen molar-refractivity contribution >= 4 is 6.03 Å². The molecular formula is C9H17N3O. The first-order chi connectivity index (χ1) is 6.29. The van der Waals surface area contributed by atoms with Crippen molar-refractivity contribution in [3.05, 3.63) is 12.3 Å². The summed E-state index contributed by atoms with van der Waals surface area (Å²) in [6, 6.07) is -0.505. The Morgan fingerprint density at radius 3 is 2.69 bits per heavy atom. The van der Waals surface area contributed by atoms with Crippen LogP contribution in [0, 0.1) is 0 Å². The van der Waals surface area contributed by atoms with Gasteiger partial charge in [-0.25, -0.2) is 4.79 Å². The molecule has 4 nitrogen and oxygen atoms in total. The molecule has 0 aliphatic carbocycles. The number of hydrogen-bond donors (Lipinski definition) is 2. The fourth-order valence-electron chi connectivity index (χ4n) is 1.48. The van der Waals surface area contributed by atoms with E-state index >= 15 is 0 Å². The van der Waals surface area contributed by atoms with Crippen LogP contribution in [0.5, 0.6) is 0 Å². The third-order valence-electron chi connectivity index (χ3n) is 2.16. The standard InChI is InChI=1S/C9H17N3O/c10-9(13)11-5-4-8-12-6-2-1-3-7-12/h4-5H,1-3,6-8H2,(H3,10,11,13). The number of nitrogens with one attached hydrogen (secondary N) is 1. The molecule has 0 saturated carbocycles. The van der Waals surface area contributed by atoms with Crippen molar-refractivity contribution in [2.75, 3.05) is 19.6 Å². The Balaban J connectivity index is 2.09. The molecule has 1 fully saturated rings. The average molecular weight is 183 g/mol. The molecule has 1 aliphatic heterocycles. The van der Waals surface area contributed by atoms with Crippen molar-refractivity contribution in [3.8, 4) is 0 Å². The third kappa shape index (κ3) is 4.52. The van der Waals surface area contributed by atoms with Crippen LogP contribution in [-0.4, -0.2) is 30.6 Å². The largest absolute Gasteiger partial charge is 0.351 e. The van der Waals surface area contributed by atoms with Gasteiger partial charge in [0.05, 0.1) is 0 Å². The smallest absolute Gasteiger partial charge is 0.316 e. The number of likely N-dealkylation sites (tertiary alicyclic amines) is 1. The van der Waals surface area contributed by atoms with Crippen molar-refractivity contribution in [2.45, 2.75) is 19.3 Å². The lowest BCUT2D eigenvalue weighted by Gasteiger charge is -2.24.